The molecule has 116 valence electrons. The first-order chi connectivity index (χ1) is 10.4. The van der Waals surface area contributed by atoms with Gasteiger partial charge in [0.2, 0.25) is 0 Å². The Kier molecular flexibility index (Phi) is 5.16. The average Bonchev–Trinajstić information content (AvgIpc) is 2.47. The number of hydrogen-bond donors (Lipinski definition) is 2. The van der Waals surface area contributed by atoms with Crippen molar-refractivity contribution in [3.63, 3.8) is 0 Å². The van der Waals surface area contributed by atoms with Gasteiger partial charge in [-0.2, -0.15) is 0 Å². The van der Waals surface area contributed by atoms with Crippen LogP contribution in [0.15, 0.2) is 36.4 Å². The molecule has 1 atom stereocenters. The van der Waals surface area contributed by atoms with Gasteiger partial charge in [0.15, 0.2) is 0 Å². The lowest BCUT2D eigenvalue weighted by Gasteiger charge is -2.15. The van der Waals surface area contributed by atoms with Crippen molar-refractivity contribution in [1.82, 2.24) is 0 Å². The Hall–Kier alpha value is -1.91. The van der Waals surface area contributed by atoms with E-state index in [1.165, 1.54) is 13.2 Å². The van der Waals surface area contributed by atoms with Gasteiger partial charge in [0.25, 0.3) is 0 Å². The number of aromatic hydroxyl groups is 1. The molecule has 0 radical (unpaired) electrons. The van der Waals surface area contributed by atoms with E-state index in [-0.39, 0.29) is 12.2 Å². The topological polar surface area (TPSA) is 66.8 Å². The van der Waals surface area contributed by atoms with Crippen molar-refractivity contribution < 1.29 is 19.7 Å². The molecule has 4 nitrogen and oxygen atoms in total. The Bertz CT molecular complexity index is 701. The van der Waals surface area contributed by atoms with Gasteiger partial charge in [-0.15, -0.1) is 0 Å². The zero-order valence-electron chi connectivity index (χ0n) is 11.7. The largest absolute Gasteiger partial charge is 0.508 e. The summed E-state index contributed by atoms with van der Waals surface area (Å²) in [6.45, 7) is 0. The van der Waals surface area contributed by atoms with Crippen LogP contribution >= 0.6 is 23.2 Å². The molecule has 0 aliphatic rings. The van der Waals surface area contributed by atoms with E-state index >= 15 is 0 Å². The summed E-state index contributed by atoms with van der Waals surface area (Å²) in [5, 5.41) is 20.1. The van der Waals surface area contributed by atoms with Crippen LogP contribution in [0.4, 0.5) is 0 Å². The van der Waals surface area contributed by atoms with Crippen molar-refractivity contribution in [2.24, 2.45) is 0 Å². The van der Waals surface area contributed by atoms with E-state index in [0.717, 1.165) is 0 Å². The summed E-state index contributed by atoms with van der Waals surface area (Å²) in [6.07, 6.45) is 0.102. The first-order valence-corrected chi connectivity index (χ1v) is 7.21. The number of methoxy groups -OCH3 is 1. The van der Waals surface area contributed by atoms with Gasteiger partial charge < -0.3 is 14.9 Å². The van der Waals surface area contributed by atoms with Gasteiger partial charge in [0, 0.05) is 5.02 Å². The van der Waals surface area contributed by atoms with Crippen LogP contribution in [0.5, 0.6) is 11.5 Å². The molecule has 0 aliphatic heterocycles. The second-order valence-electron chi connectivity index (χ2n) is 4.76. The normalized spacial score (nSPS) is 12.0. The molecule has 0 amide bonds. The quantitative estimate of drug-likeness (QED) is 0.859. The Labute approximate surface area is 137 Å². The molecule has 2 aromatic rings. The summed E-state index contributed by atoms with van der Waals surface area (Å²) in [4.78, 5) is 11.6. The molecular formula is C16H14Cl2O4. The minimum absolute atomic E-state index is 0.00950. The van der Waals surface area contributed by atoms with Crippen molar-refractivity contribution in [3.8, 4) is 11.5 Å². The van der Waals surface area contributed by atoms with E-state index in [1.807, 2.05) is 0 Å². The number of benzene rings is 2. The fourth-order valence-electron chi connectivity index (χ4n) is 2.18. The molecule has 0 heterocycles. The fraction of sp³-hybridized carbons (Fsp3) is 0.188. The van der Waals surface area contributed by atoms with Crippen molar-refractivity contribution in [2.45, 2.75) is 12.3 Å². The van der Waals surface area contributed by atoms with Crippen LogP contribution in [0.25, 0.3) is 0 Å². The summed E-state index contributed by atoms with van der Waals surface area (Å²) in [7, 11) is 1.49. The van der Waals surface area contributed by atoms with E-state index in [0.29, 0.717) is 26.9 Å². The number of rotatable bonds is 5. The highest BCUT2D eigenvalue weighted by Gasteiger charge is 2.23. The third kappa shape index (κ3) is 3.64. The predicted octanol–water partition coefficient (Wildman–Crippen LogP) is 4.12. The van der Waals surface area contributed by atoms with Crippen LogP contribution in [0.2, 0.25) is 10.0 Å². The summed E-state index contributed by atoms with van der Waals surface area (Å²) in [5.41, 5.74) is 0.990. The lowest BCUT2D eigenvalue weighted by atomic mass is 9.91. The third-order valence-electron chi connectivity index (χ3n) is 3.34. The minimum atomic E-state index is -1.01. The number of ether oxygens (including phenoxy) is 1. The number of phenols is 1. The molecule has 1 unspecified atom stereocenters. The highest BCUT2D eigenvalue weighted by molar-refractivity contribution is 6.32. The van der Waals surface area contributed by atoms with Crippen molar-refractivity contribution in [3.05, 3.63) is 57.6 Å². The first kappa shape index (κ1) is 16.5. The number of hydrogen-bond acceptors (Lipinski definition) is 3. The van der Waals surface area contributed by atoms with Crippen LogP contribution in [-0.2, 0) is 11.2 Å². The molecule has 0 fully saturated rings. The molecule has 0 aromatic heterocycles. The fourth-order valence-corrected chi connectivity index (χ4v) is 2.65. The maximum Gasteiger partial charge on any atom is 0.311 e. The van der Waals surface area contributed by atoms with Gasteiger partial charge in [-0.05, 0) is 47.9 Å². The van der Waals surface area contributed by atoms with Gasteiger partial charge >= 0.3 is 5.97 Å². The van der Waals surface area contributed by atoms with Crippen LogP contribution < -0.4 is 4.74 Å². The van der Waals surface area contributed by atoms with Gasteiger partial charge in [0.05, 0.1) is 18.1 Å². The first-order valence-electron chi connectivity index (χ1n) is 6.46. The summed E-state index contributed by atoms with van der Waals surface area (Å²) >= 11 is 11.9. The van der Waals surface area contributed by atoms with E-state index in [2.05, 4.69) is 0 Å². The van der Waals surface area contributed by atoms with E-state index in [1.54, 1.807) is 30.3 Å². The minimum Gasteiger partial charge on any atom is -0.508 e. The van der Waals surface area contributed by atoms with Crippen molar-refractivity contribution in [2.75, 3.05) is 7.11 Å². The zero-order valence-corrected chi connectivity index (χ0v) is 13.2. The average molecular weight is 341 g/mol. The Balaban J connectivity index is 2.36. The van der Waals surface area contributed by atoms with E-state index < -0.39 is 11.9 Å². The number of carboxylic acid groups (broad SMARTS) is 1. The van der Waals surface area contributed by atoms with Crippen LogP contribution in [-0.4, -0.2) is 23.3 Å². The molecule has 0 aliphatic carbocycles. The lowest BCUT2D eigenvalue weighted by Crippen LogP contribution is -2.14. The Morgan fingerprint density at radius 1 is 1.23 bits per heavy atom. The van der Waals surface area contributed by atoms with Gasteiger partial charge in [-0.25, -0.2) is 0 Å². The summed E-state index contributed by atoms with van der Waals surface area (Å²) in [5.74, 6) is -1.39. The SMILES string of the molecule is COc1ccc(C(Cc2cc(Cl)ccc2O)C(=O)O)cc1Cl. The number of carboxylic acids is 1. The molecule has 2 aromatic carbocycles. The van der Waals surface area contributed by atoms with Gasteiger partial charge in [0.1, 0.15) is 11.5 Å². The smallest absolute Gasteiger partial charge is 0.311 e. The molecule has 0 saturated heterocycles. The molecule has 2 N–H and O–H groups in total. The van der Waals surface area contributed by atoms with Gasteiger partial charge in [-0.1, -0.05) is 29.3 Å². The molecular weight excluding hydrogens is 327 g/mol. The van der Waals surface area contributed by atoms with Crippen molar-refractivity contribution in [1.29, 1.82) is 0 Å². The standard InChI is InChI=1S/C16H14Cl2O4/c1-22-15-5-2-9(8-13(15)18)12(16(20)21)7-10-6-11(17)3-4-14(10)19/h2-6,8,12,19H,7H2,1H3,(H,20,21). The van der Waals surface area contributed by atoms with Crippen LogP contribution in [0, 0.1) is 0 Å². The van der Waals surface area contributed by atoms with Crippen LogP contribution in [0.1, 0.15) is 17.0 Å². The summed E-state index contributed by atoms with van der Waals surface area (Å²) < 4.78 is 5.06. The number of phenolic OH excluding ortho intramolecular Hbond substituents is 1. The monoisotopic (exact) mass is 340 g/mol. The Morgan fingerprint density at radius 3 is 2.55 bits per heavy atom. The second kappa shape index (κ2) is 6.90. The molecule has 0 spiro atoms. The zero-order chi connectivity index (χ0) is 16.3. The molecule has 0 saturated carbocycles. The highest BCUT2D eigenvalue weighted by Crippen LogP contribution is 2.32. The number of halogens is 2. The third-order valence-corrected chi connectivity index (χ3v) is 3.87. The summed E-state index contributed by atoms with van der Waals surface area (Å²) in [6, 6.07) is 9.35. The molecule has 6 heteroatoms. The molecule has 2 rings (SSSR count). The Morgan fingerprint density at radius 2 is 1.95 bits per heavy atom. The molecule has 22 heavy (non-hydrogen) atoms. The molecule has 0 bridgehead atoms. The maximum absolute atomic E-state index is 11.6. The maximum atomic E-state index is 11.6. The van der Waals surface area contributed by atoms with Gasteiger partial charge in [-0.3, -0.25) is 4.79 Å². The highest BCUT2D eigenvalue weighted by atomic mass is 35.5. The van der Waals surface area contributed by atoms with E-state index in [9.17, 15) is 15.0 Å². The van der Waals surface area contributed by atoms with Crippen LogP contribution in [0.3, 0.4) is 0 Å². The van der Waals surface area contributed by atoms with Crippen molar-refractivity contribution >= 4 is 29.2 Å². The number of carbonyl (C=O) groups is 1. The van der Waals surface area contributed by atoms with E-state index in [4.69, 9.17) is 27.9 Å². The predicted molar refractivity (Wildman–Crippen MR) is 85.2 cm³/mol. The second-order valence-corrected chi connectivity index (χ2v) is 5.61. The lowest BCUT2D eigenvalue weighted by molar-refractivity contribution is -0.138. The number of aliphatic carboxylic acids is 1.